The van der Waals surface area contributed by atoms with Gasteiger partial charge in [-0.15, -0.1) is 0 Å². The zero-order chi connectivity index (χ0) is 20.6. The predicted octanol–water partition coefficient (Wildman–Crippen LogP) is 2.65. The van der Waals surface area contributed by atoms with Crippen molar-refractivity contribution in [1.82, 2.24) is 10.2 Å². The van der Waals surface area contributed by atoms with Crippen molar-refractivity contribution in [2.24, 2.45) is 5.92 Å². The molecular weight excluding hydrogens is 364 g/mol. The number of nitrogens with one attached hydrogen (secondary N) is 2. The van der Waals surface area contributed by atoms with Gasteiger partial charge < -0.3 is 10.6 Å². The van der Waals surface area contributed by atoms with Crippen molar-refractivity contribution in [3.63, 3.8) is 0 Å². The van der Waals surface area contributed by atoms with Crippen molar-refractivity contribution in [2.75, 3.05) is 11.9 Å². The van der Waals surface area contributed by atoms with Crippen LogP contribution in [0.5, 0.6) is 0 Å². The van der Waals surface area contributed by atoms with Crippen molar-refractivity contribution < 1.29 is 19.3 Å². The molecule has 150 valence electrons. The fourth-order valence-corrected chi connectivity index (χ4v) is 4.07. The van der Waals surface area contributed by atoms with Crippen molar-refractivity contribution in [2.45, 2.75) is 52.0 Å². The summed E-state index contributed by atoms with van der Waals surface area (Å²) in [5.74, 6) is -1.05. The number of hydrogen-bond donors (Lipinski definition) is 2. The minimum atomic E-state index is -0.944. The van der Waals surface area contributed by atoms with E-state index in [2.05, 4.69) is 10.6 Å². The third-order valence-corrected chi connectivity index (χ3v) is 5.98. The summed E-state index contributed by atoms with van der Waals surface area (Å²) >= 11 is 0. The summed E-state index contributed by atoms with van der Waals surface area (Å²) in [6.07, 6.45) is 3.23. The highest BCUT2D eigenvalue weighted by molar-refractivity contribution is 6.10. The van der Waals surface area contributed by atoms with Crippen LogP contribution >= 0.6 is 0 Å². The highest BCUT2D eigenvalue weighted by atomic mass is 16.6. The molecule has 9 heteroatoms. The van der Waals surface area contributed by atoms with E-state index in [4.69, 9.17) is 0 Å². The second kappa shape index (κ2) is 7.21. The van der Waals surface area contributed by atoms with Crippen molar-refractivity contribution >= 4 is 29.2 Å². The first-order valence-electron chi connectivity index (χ1n) is 9.36. The summed E-state index contributed by atoms with van der Waals surface area (Å²) in [6.45, 7) is 4.90. The Hall–Kier alpha value is -2.97. The molecule has 0 bridgehead atoms. The van der Waals surface area contributed by atoms with E-state index >= 15 is 0 Å². The van der Waals surface area contributed by atoms with Crippen LogP contribution in [0.2, 0.25) is 0 Å². The summed E-state index contributed by atoms with van der Waals surface area (Å²) in [6, 6.07) is 2.34. The van der Waals surface area contributed by atoms with E-state index in [1.54, 1.807) is 19.9 Å². The molecule has 1 heterocycles. The Kier molecular flexibility index (Phi) is 5.10. The maximum atomic E-state index is 12.9. The van der Waals surface area contributed by atoms with Gasteiger partial charge in [-0.3, -0.25) is 24.6 Å². The molecule has 3 rings (SSSR count). The maximum absolute atomic E-state index is 12.9. The average Bonchev–Trinajstić information content (AvgIpc) is 2.86. The number of imide groups is 1. The number of aryl methyl sites for hydroxylation is 1. The lowest BCUT2D eigenvalue weighted by Crippen LogP contribution is -2.54. The van der Waals surface area contributed by atoms with Crippen LogP contribution < -0.4 is 10.6 Å². The number of amides is 4. The molecular formula is C19H24N4O5. The molecule has 1 saturated carbocycles. The van der Waals surface area contributed by atoms with Crippen LogP contribution in [-0.4, -0.2) is 39.8 Å². The molecule has 0 radical (unpaired) electrons. The summed E-state index contributed by atoms with van der Waals surface area (Å²) in [4.78, 5) is 49.5. The largest absolute Gasteiger partial charge is 0.325 e. The Balaban J connectivity index is 1.79. The van der Waals surface area contributed by atoms with E-state index < -0.39 is 34.9 Å². The number of carbonyl (C=O) groups excluding carboxylic acids is 3. The lowest BCUT2D eigenvalue weighted by molar-refractivity contribution is -0.384. The number of benzene rings is 1. The Bertz CT molecular complexity index is 868. The van der Waals surface area contributed by atoms with E-state index in [0.717, 1.165) is 29.7 Å². The zero-order valence-corrected chi connectivity index (χ0v) is 16.2. The molecule has 2 atom stereocenters. The number of nitro benzene ring substituents is 1. The van der Waals surface area contributed by atoms with Gasteiger partial charge >= 0.3 is 6.03 Å². The minimum Gasteiger partial charge on any atom is -0.323 e. The molecule has 1 aromatic carbocycles. The highest BCUT2D eigenvalue weighted by Gasteiger charge is 2.55. The predicted molar refractivity (Wildman–Crippen MR) is 102 cm³/mol. The van der Waals surface area contributed by atoms with Crippen LogP contribution in [0.1, 0.15) is 43.7 Å². The van der Waals surface area contributed by atoms with Gasteiger partial charge in [0.05, 0.1) is 4.92 Å². The number of hydrogen-bond acceptors (Lipinski definition) is 5. The van der Waals surface area contributed by atoms with Gasteiger partial charge in [0.25, 0.3) is 11.6 Å². The van der Waals surface area contributed by atoms with Gasteiger partial charge in [0.2, 0.25) is 5.91 Å². The highest BCUT2D eigenvalue weighted by Crippen LogP contribution is 2.38. The van der Waals surface area contributed by atoms with Gasteiger partial charge in [0.1, 0.15) is 17.8 Å². The van der Waals surface area contributed by atoms with Crippen LogP contribution in [0.3, 0.4) is 0 Å². The lowest BCUT2D eigenvalue weighted by atomic mass is 9.73. The Morgan fingerprint density at radius 1 is 1.36 bits per heavy atom. The fraction of sp³-hybridized carbons (Fsp3) is 0.526. The lowest BCUT2D eigenvalue weighted by Gasteiger charge is -2.36. The average molecular weight is 388 g/mol. The molecule has 0 unspecified atom stereocenters. The molecule has 2 N–H and O–H groups in total. The van der Waals surface area contributed by atoms with Gasteiger partial charge in [-0.25, -0.2) is 4.79 Å². The molecule has 0 aromatic heterocycles. The molecule has 1 aromatic rings. The van der Waals surface area contributed by atoms with E-state index in [1.165, 1.54) is 6.07 Å². The quantitative estimate of drug-likeness (QED) is 0.466. The number of rotatable bonds is 4. The van der Waals surface area contributed by atoms with Crippen LogP contribution in [0, 0.1) is 29.9 Å². The molecule has 1 aliphatic carbocycles. The summed E-state index contributed by atoms with van der Waals surface area (Å²) in [5.41, 5.74) is 0.262. The molecule has 28 heavy (non-hydrogen) atoms. The van der Waals surface area contributed by atoms with Gasteiger partial charge in [-0.05, 0) is 43.7 Å². The first-order valence-corrected chi connectivity index (χ1v) is 9.36. The fourth-order valence-electron chi connectivity index (χ4n) is 4.07. The number of nitrogens with zero attached hydrogens (tertiary/aromatic N) is 2. The van der Waals surface area contributed by atoms with E-state index in [9.17, 15) is 24.5 Å². The van der Waals surface area contributed by atoms with E-state index in [-0.39, 0.29) is 17.3 Å². The molecule has 9 nitrogen and oxygen atoms in total. The summed E-state index contributed by atoms with van der Waals surface area (Å²) in [7, 11) is 0. The third-order valence-electron chi connectivity index (χ3n) is 5.98. The standard InChI is InChI=1S/C19H24N4O5/c1-11-7-8-14(23(27)28)16(13(11)3)20-15(24)10-22-17(25)19(21-18(22)26)9-5-4-6-12(19)2/h7-8,12H,4-6,9-10H2,1-3H3,(H,20,24)(H,21,26)/t12-,19+/m0/s1. The van der Waals surface area contributed by atoms with Gasteiger partial charge in [0, 0.05) is 6.07 Å². The molecule has 1 spiro atoms. The number of carbonyl (C=O) groups is 3. The van der Waals surface area contributed by atoms with Crippen LogP contribution in [-0.2, 0) is 9.59 Å². The van der Waals surface area contributed by atoms with Crippen LogP contribution in [0.15, 0.2) is 12.1 Å². The zero-order valence-electron chi connectivity index (χ0n) is 16.2. The summed E-state index contributed by atoms with van der Waals surface area (Å²) in [5, 5.41) is 16.6. The number of nitro groups is 1. The van der Waals surface area contributed by atoms with E-state index in [1.807, 2.05) is 6.92 Å². The Labute approximate surface area is 162 Å². The smallest absolute Gasteiger partial charge is 0.323 e. The number of urea groups is 1. The van der Waals surface area contributed by atoms with E-state index in [0.29, 0.717) is 12.0 Å². The molecule has 1 saturated heterocycles. The normalized spacial score (nSPS) is 24.4. The Morgan fingerprint density at radius 2 is 2.07 bits per heavy atom. The molecule has 2 fully saturated rings. The van der Waals surface area contributed by atoms with Gasteiger partial charge in [-0.2, -0.15) is 0 Å². The SMILES string of the molecule is Cc1ccc([N+](=O)[O-])c(NC(=O)CN2C(=O)N[C@@]3(CCCC[C@@H]3C)C2=O)c1C. The minimum absolute atomic E-state index is 0.00846. The summed E-state index contributed by atoms with van der Waals surface area (Å²) < 4.78 is 0. The topological polar surface area (TPSA) is 122 Å². The monoisotopic (exact) mass is 388 g/mol. The van der Waals surface area contributed by atoms with Crippen LogP contribution in [0.4, 0.5) is 16.2 Å². The molecule has 1 aliphatic heterocycles. The van der Waals surface area contributed by atoms with Crippen molar-refractivity contribution in [1.29, 1.82) is 0 Å². The maximum Gasteiger partial charge on any atom is 0.325 e. The van der Waals surface area contributed by atoms with Gasteiger partial charge in [-0.1, -0.05) is 25.8 Å². The second-order valence-corrected chi connectivity index (χ2v) is 7.65. The number of anilines is 1. The van der Waals surface area contributed by atoms with Crippen molar-refractivity contribution in [3.05, 3.63) is 33.4 Å². The van der Waals surface area contributed by atoms with Gasteiger partial charge in [0.15, 0.2) is 0 Å². The second-order valence-electron chi connectivity index (χ2n) is 7.65. The molecule has 2 aliphatic rings. The molecule has 4 amide bonds. The first-order chi connectivity index (χ1) is 13.2. The van der Waals surface area contributed by atoms with Crippen LogP contribution in [0.25, 0.3) is 0 Å². The Morgan fingerprint density at radius 3 is 2.71 bits per heavy atom. The third kappa shape index (κ3) is 3.21. The first kappa shape index (κ1) is 19.8. The van der Waals surface area contributed by atoms with Crippen molar-refractivity contribution in [3.8, 4) is 0 Å².